The molecular formula is C19H22O5S. The van der Waals surface area contributed by atoms with E-state index in [1.807, 2.05) is 45.9 Å². The van der Waals surface area contributed by atoms with Crippen LogP contribution in [0.15, 0.2) is 47.4 Å². The fraction of sp³-hybridized carbons (Fsp3) is 0.316. The second-order valence-corrected chi connectivity index (χ2v) is 7.89. The molecule has 0 bridgehead atoms. The van der Waals surface area contributed by atoms with Crippen molar-refractivity contribution in [2.75, 3.05) is 0 Å². The van der Waals surface area contributed by atoms with Crippen LogP contribution in [0.5, 0.6) is 5.75 Å². The molecule has 0 aliphatic carbocycles. The lowest BCUT2D eigenvalue weighted by molar-refractivity contribution is 0.0730. The molecule has 25 heavy (non-hydrogen) atoms. The molecule has 2 aromatic carbocycles. The molecule has 1 N–H and O–H groups in total. The Morgan fingerprint density at radius 1 is 0.920 bits per heavy atom. The molecule has 0 spiro atoms. The van der Waals surface area contributed by atoms with Crippen molar-refractivity contribution in [1.29, 1.82) is 0 Å². The molecule has 0 amide bonds. The summed E-state index contributed by atoms with van der Waals surface area (Å²) in [6.45, 7) is 8.10. The third-order valence-corrected chi connectivity index (χ3v) is 4.77. The predicted octanol–water partition coefficient (Wildman–Crippen LogP) is 4.40. The van der Waals surface area contributed by atoms with Crippen LogP contribution in [-0.2, 0) is 10.1 Å². The molecule has 0 heterocycles. The molecular weight excluding hydrogens is 340 g/mol. The van der Waals surface area contributed by atoms with Crippen molar-refractivity contribution in [3.8, 4) is 5.75 Å². The van der Waals surface area contributed by atoms with E-state index in [1.165, 1.54) is 24.3 Å². The molecule has 0 aliphatic heterocycles. The van der Waals surface area contributed by atoms with E-state index < -0.39 is 16.1 Å². The van der Waals surface area contributed by atoms with Gasteiger partial charge < -0.3 is 4.74 Å². The van der Waals surface area contributed by atoms with E-state index in [1.54, 1.807) is 0 Å². The van der Waals surface area contributed by atoms with Gasteiger partial charge in [0.05, 0.1) is 10.5 Å². The zero-order valence-electron chi connectivity index (χ0n) is 14.7. The normalized spacial score (nSPS) is 11.8. The number of carbonyl (C=O) groups excluding carboxylic acids is 1. The molecule has 2 aromatic rings. The summed E-state index contributed by atoms with van der Waals surface area (Å²) in [7, 11) is -4.29. The molecule has 0 aliphatic rings. The first kappa shape index (κ1) is 19.1. The Morgan fingerprint density at radius 2 is 1.40 bits per heavy atom. The number of hydrogen-bond acceptors (Lipinski definition) is 4. The van der Waals surface area contributed by atoms with E-state index in [4.69, 9.17) is 9.29 Å². The monoisotopic (exact) mass is 362 g/mol. The highest BCUT2D eigenvalue weighted by Gasteiger charge is 2.19. The Morgan fingerprint density at radius 3 is 1.80 bits per heavy atom. The molecule has 6 heteroatoms. The molecule has 0 unspecified atom stereocenters. The van der Waals surface area contributed by atoms with E-state index in [2.05, 4.69) is 0 Å². The van der Waals surface area contributed by atoms with Crippen molar-refractivity contribution in [3.05, 3.63) is 59.2 Å². The highest BCUT2D eigenvalue weighted by atomic mass is 32.2. The van der Waals surface area contributed by atoms with E-state index in [0.29, 0.717) is 5.75 Å². The Bertz CT molecular complexity index is 839. The second kappa shape index (κ2) is 7.37. The van der Waals surface area contributed by atoms with Gasteiger partial charge in [-0.1, -0.05) is 45.9 Å². The lowest BCUT2D eigenvalue weighted by atomic mass is 9.94. The van der Waals surface area contributed by atoms with Crippen molar-refractivity contribution in [2.45, 2.75) is 44.4 Å². The summed E-state index contributed by atoms with van der Waals surface area (Å²) in [6, 6.07) is 10.8. The minimum atomic E-state index is -4.29. The lowest BCUT2D eigenvalue weighted by Crippen LogP contribution is -2.13. The quantitative estimate of drug-likeness (QED) is 0.484. The van der Waals surface area contributed by atoms with Crippen LogP contribution in [0.2, 0.25) is 0 Å². The Hall–Kier alpha value is -2.18. The summed E-state index contributed by atoms with van der Waals surface area (Å²) in [6.07, 6.45) is 0. The van der Waals surface area contributed by atoms with Crippen LogP contribution in [0.1, 0.15) is 61.0 Å². The maximum atomic E-state index is 12.5. The third-order valence-electron chi connectivity index (χ3n) is 3.90. The van der Waals surface area contributed by atoms with Gasteiger partial charge in [0.2, 0.25) is 0 Å². The summed E-state index contributed by atoms with van der Waals surface area (Å²) in [4.78, 5) is 12.2. The largest absolute Gasteiger partial charge is 0.422 e. The summed E-state index contributed by atoms with van der Waals surface area (Å²) < 4.78 is 36.8. The fourth-order valence-corrected chi connectivity index (χ4v) is 3.00. The van der Waals surface area contributed by atoms with Crippen LogP contribution in [0, 0.1) is 0 Å². The Kier molecular flexibility index (Phi) is 5.65. The molecule has 0 fully saturated rings. The van der Waals surface area contributed by atoms with E-state index >= 15 is 0 Å². The smallest absolute Gasteiger partial charge is 0.343 e. The second-order valence-electron chi connectivity index (χ2n) is 6.46. The van der Waals surface area contributed by atoms with Gasteiger partial charge in [-0.2, -0.15) is 8.42 Å². The van der Waals surface area contributed by atoms with Gasteiger partial charge in [-0.15, -0.1) is 0 Å². The highest BCUT2D eigenvalue weighted by Crippen LogP contribution is 2.35. The maximum absolute atomic E-state index is 12.5. The van der Waals surface area contributed by atoms with Gasteiger partial charge in [0, 0.05) is 0 Å². The van der Waals surface area contributed by atoms with Gasteiger partial charge >= 0.3 is 5.97 Å². The number of rotatable bonds is 5. The van der Waals surface area contributed by atoms with E-state index in [9.17, 15) is 13.2 Å². The van der Waals surface area contributed by atoms with E-state index in [0.717, 1.165) is 11.1 Å². The predicted molar refractivity (Wildman–Crippen MR) is 95.8 cm³/mol. The van der Waals surface area contributed by atoms with Gasteiger partial charge in [0.25, 0.3) is 10.1 Å². The van der Waals surface area contributed by atoms with E-state index in [-0.39, 0.29) is 22.3 Å². The summed E-state index contributed by atoms with van der Waals surface area (Å²) >= 11 is 0. The molecule has 0 radical (unpaired) electrons. The van der Waals surface area contributed by atoms with Gasteiger partial charge in [-0.05, 0) is 47.2 Å². The van der Waals surface area contributed by atoms with Crippen molar-refractivity contribution >= 4 is 16.1 Å². The average Bonchev–Trinajstić information content (AvgIpc) is 2.53. The number of carbonyl (C=O) groups is 1. The van der Waals surface area contributed by atoms with Crippen LogP contribution in [0.25, 0.3) is 0 Å². The first-order valence-electron chi connectivity index (χ1n) is 8.03. The third kappa shape index (κ3) is 4.46. The molecule has 0 saturated carbocycles. The first-order chi connectivity index (χ1) is 11.6. The molecule has 0 saturated heterocycles. The number of para-hydroxylation sites is 1. The summed E-state index contributed by atoms with van der Waals surface area (Å²) in [5.74, 6) is 0.347. The Labute approximate surface area is 148 Å². The van der Waals surface area contributed by atoms with Crippen molar-refractivity contribution in [1.82, 2.24) is 0 Å². The van der Waals surface area contributed by atoms with Crippen LogP contribution < -0.4 is 4.74 Å². The molecule has 0 aromatic heterocycles. The lowest BCUT2D eigenvalue weighted by Gasteiger charge is -2.19. The number of benzene rings is 2. The van der Waals surface area contributed by atoms with Crippen LogP contribution in [0.4, 0.5) is 0 Å². The van der Waals surface area contributed by atoms with Crippen molar-refractivity contribution in [2.24, 2.45) is 0 Å². The maximum Gasteiger partial charge on any atom is 0.343 e. The Balaban J connectivity index is 2.37. The first-order valence-corrected chi connectivity index (χ1v) is 9.47. The topological polar surface area (TPSA) is 80.7 Å². The minimum Gasteiger partial charge on any atom is -0.422 e. The van der Waals surface area contributed by atoms with Crippen LogP contribution in [-0.4, -0.2) is 18.9 Å². The molecule has 2 rings (SSSR count). The average molecular weight is 362 g/mol. The number of hydrogen-bond donors (Lipinski definition) is 1. The SMILES string of the molecule is CC(C)c1cccc(C(C)C)c1OC(=O)c1ccc(S(=O)(=O)O)cc1. The van der Waals surface area contributed by atoms with Gasteiger partial charge in [-0.25, -0.2) is 4.79 Å². The number of esters is 1. The molecule has 5 nitrogen and oxygen atoms in total. The zero-order valence-corrected chi connectivity index (χ0v) is 15.5. The number of ether oxygens (including phenoxy) is 1. The standard InChI is InChI=1S/C19H22O5S/c1-12(2)16-6-5-7-17(13(3)4)18(16)24-19(20)14-8-10-15(11-9-14)25(21,22)23/h5-13H,1-4H3,(H,21,22,23). The zero-order chi connectivity index (χ0) is 18.8. The summed E-state index contributed by atoms with van der Waals surface area (Å²) in [5, 5.41) is 0. The van der Waals surface area contributed by atoms with Gasteiger partial charge in [0.15, 0.2) is 0 Å². The van der Waals surface area contributed by atoms with Crippen LogP contribution >= 0.6 is 0 Å². The van der Waals surface area contributed by atoms with Crippen LogP contribution in [0.3, 0.4) is 0 Å². The van der Waals surface area contributed by atoms with Crippen molar-refractivity contribution < 1.29 is 22.5 Å². The molecule has 134 valence electrons. The van der Waals surface area contributed by atoms with Gasteiger partial charge in [-0.3, -0.25) is 4.55 Å². The van der Waals surface area contributed by atoms with Crippen molar-refractivity contribution in [3.63, 3.8) is 0 Å². The summed E-state index contributed by atoms with van der Waals surface area (Å²) in [5.41, 5.74) is 2.09. The van der Waals surface area contributed by atoms with Gasteiger partial charge in [0.1, 0.15) is 5.75 Å². The molecule has 0 atom stereocenters. The fourth-order valence-electron chi connectivity index (χ4n) is 2.52. The minimum absolute atomic E-state index is 0.184. The highest BCUT2D eigenvalue weighted by molar-refractivity contribution is 7.85.